The Balaban J connectivity index is 1.65. The van der Waals surface area contributed by atoms with Crippen LogP contribution in [0.2, 0.25) is 0 Å². The van der Waals surface area contributed by atoms with Crippen LogP contribution >= 0.6 is 0 Å². The predicted octanol–water partition coefficient (Wildman–Crippen LogP) is 3.97. The van der Waals surface area contributed by atoms with E-state index < -0.39 is 0 Å². The molecule has 2 aromatic carbocycles. The van der Waals surface area contributed by atoms with E-state index in [-0.39, 0.29) is 5.91 Å². The van der Waals surface area contributed by atoms with Crippen molar-refractivity contribution in [1.82, 2.24) is 9.97 Å². The summed E-state index contributed by atoms with van der Waals surface area (Å²) in [6.45, 7) is 4.63. The lowest BCUT2D eigenvalue weighted by atomic mass is 10.1. The molecule has 0 radical (unpaired) electrons. The molecule has 0 atom stereocenters. The van der Waals surface area contributed by atoms with Gasteiger partial charge in [-0.15, -0.1) is 0 Å². The van der Waals surface area contributed by atoms with Crippen LogP contribution in [0.4, 0.5) is 11.5 Å². The number of benzene rings is 2. The van der Waals surface area contributed by atoms with Gasteiger partial charge in [0.1, 0.15) is 23.6 Å². The minimum Gasteiger partial charge on any atom is -0.497 e. The van der Waals surface area contributed by atoms with Gasteiger partial charge < -0.3 is 15.4 Å². The van der Waals surface area contributed by atoms with Crippen molar-refractivity contribution >= 4 is 17.4 Å². The smallest absolute Gasteiger partial charge is 0.274 e. The molecule has 138 valence electrons. The normalized spacial score (nSPS) is 10.3. The van der Waals surface area contributed by atoms with E-state index in [9.17, 15) is 4.79 Å². The molecule has 3 rings (SSSR count). The van der Waals surface area contributed by atoms with E-state index in [2.05, 4.69) is 20.6 Å². The van der Waals surface area contributed by atoms with Crippen molar-refractivity contribution in [2.75, 3.05) is 17.7 Å². The topological polar surface area (TPSA) is 76.1 Å². The Hall–Kier alpha value is -3.41. The van der Waals surface area contributed by atoms with Gasteiger partial charge in [0, 0.05) is 18.3 Å². The van der Waals surface area contributed by atoms with Gasteiger partial charge in [0.2, 0.25) is 0 Å². The number of nitrogens with one attached hydrogen (secondary N) is 2. The highest BCUT2D eigenvalue weighted by Gasteiger charge is 2.10. The molecule has 3 aromatic rings. The summed E-state index contributed by atoms with van der Waals surface area (Å²) in [6.07, 6.45) is 1.38. The number of aromatic nitrogens is 2. The first-order chi connectivity index (χ1) is 13.0. The highest BCUT2D eigenvalue weighted by atomic mass is 16.5. The van der Waals surface area contributed by atoms with Gasteiger partial charge in [-0.3, -0.25) is 4.79 Å². The number of aryl methyl sites for hydroxylation is 2. The zero-order valence-electron chi connectivity index (χ0n) is 15.6. The molecule has 0 bridgehead atoms. The quantitative estimate of drug-likeness (QED) is 0.694. The predicted molar refractivity (Wildman–Crippen MR) is 106 cm³/mol. The molecule has 0 unspecified atom stereocenters. The van der Waals surface area contributed by atoms with Crippen LogP contribution in [-0.2, 0) is 6.54 Å². The third-order valence-electron chi connectivity index (χ3n) is 4.30. The van der Waals surface area contributed by atoms with Crippen LogP contribution in [0.5, 0.6) is 5.75 Å². The second-order valence-corrected chi connectivity index (χ2v) is 6.24. The average molecular weight is 362 g/mol. The third-order valence-corrected chi connectivity index (χ3v) is 4.30. The van der Waals surface area contributed by atoms with E-state index in [1.807, 2.05) is 56.3 Å². The third kappa shape index (κ3) is 4.82. The van der Waals surface area contributed by atoms with Gasteiger partial charge in [0.05, 0.1) is 7.11 Å². The van der Waals surface area contributed by atoms with Gasteiger partial charge in [-0.2, -0.15) is 0 Å². The van der Waals surface area contributed by atoms with E-state index in [0.29, 0.717) is 18.1 Å². The number of rotatable bonds is 6. The summed E-state index contributed by atoms with van der Waals surface area (Å²) in [5.41, 5.74) is 4.43. The first-order valence-electron chi connectivity index (χ1n) is 8.62. The van der Waals surface area contributed by atoms with Crippen molar-refractivity contribution in [3.8, 4) is 5.75 Å². The number of anilines is 2. The second-order valence-electron chi connectivity index (χ2n) is 6.24. The van der Waals surface area contributed by atoms with Crippen LogP contribution in [0.15, 0.2) is 54.9 Å². The molecule has 0 aliphatic heterocycles. The molecule has 0 spiro atoms. The number of nitrogens with zero attached hydrogens (tertiary/aromatic N) is 2. The van der Waals surface area contributed by atoms with Gasteiger partial charge in [-0.25, -0.2) is 9.97 Å². The summed E-state index contributed by atoms with van der Waals surface area (Å²) in [6, 6.07) is 15.2. The Bertz CT molecular complexity index is 939. The zero-order chi connectivity index (χ0) is 19.2. The molecule has 1 amide bonds. The van der Waals surface area contributed by atoms with Gasteiger partial charge >= 0.3 is 0 Å². The number of carbonyl (C=O) groups excluding carboxylic acids is 1. The van der Waals surface area contributed by atoms with Crippen molar-refractivity contribution in [1.29, 1.82) is 0 Å². The van der Waals surface area contributed by atoms with Gasteiger partial charge in [0.15, 0.2) is 0 Å². The van der Waals surface area contributed by atoms with Gasteiger partial charge in [-0.1, -0.05) is 18.2 Å². The van der Waals surface area contributed by atoms with E-state index >= 15 is 0 Å². The number of hydrogen-bond acceptors (Lipinski definition) is 5. The second kappa shape index (κ2) is 8.31. The summed E-state index contributed by atoms with van der Waals surface area (Å²) >= 11 is 0. The minimum atomic E-state index is -0.270. The molecule has 0 aliphatic rings. The van der Waals surface area contributed by atoms with Crippen LogP contribution < -0.4 is 15.4 Å². The molecule has 0 saturated heterocycles. The highest BCUT2D eigenvalue weighted by Crippen LogP contribution is 2.16. The lowest BCUT2D eigenvalue weighted by Crippen LogP contribution is -2.15. The summed E-state index contributed by atoms with van der Waals surface area (Å²) in [5.74, 6) is 1.13. The summed E-state index contributed by atoms with van der Waals surface area (Å²) in [7, 11) is 1.64. The molecule has 1 heterocycles. The lowest BCUT2D eigenvalue weighted by Gasteiger charge is -2.09. The molecule has 1 aromatic heterocycles. The molecule has 0 saturated carbocycles. The molecule has 2 N–H and O–H groups in total. The van der Waals surface area contributed by atoms with E-state index in [1.165, 1.54) is 11.9 Å². The maximum Gasteiger partial charge on any atom is 0.274 e. The van der Waals surface area contributed by atoms with E-state index in [1.54, 1.807) is 13.2 Å². The van der Waals surface area contributed by atoms with Gasteiger partial charge in [0.25, 0.3) is 5.91 Å². The van der Waals surface area contributed by atoms with E-state index in [4.69, 9.17) is 4.74 Å². The summed E-state index contributed by atoms with van der Waals surface area (Å²) in [4.78, 5) is 20.7. The Morgan fingerprint density at radius 2 is 1.78 bits per heavy atom. The fraction of sp³-hybridized carbons (Fsp3) is 0.190. The first-order valence-corrected chi connectivity index (χ1v) is 8.62. The maximum atomic E-state index is 12.5. The fourth-order valence-electron chi connectivity index (χ4n) is 2.53. The van der Waals surface area contributed by atoms with Crippen LogP contribution in [0.1, 0.15) is 27.2 Å². The molecule has 0 aliphatic carbocycles. The van der Waals surface area contributed by atoms with Crippen molar-refractivity contribution in [3.05, 3.63) is 77.2 Å². The Morgan fingerprint density at radius 3 is 2.48 bits per heavy atom. The Kier molecular flexibility index (Phi) is 5.66. The van der Waals surface area contributed by atoms with Crippen molar-refractivity contribution in [2.24, 2.45) is 0 Å². The number of ether oxygens (including phenoxy) is 1. The van der Waals surface area contributed by atoms with E-state index in [0.717, 1.165) is 22.6 Å². The van der Waals surface area contributed by atoms with Crippen molar-refractivity contribution < 1.29 is 9.53 Å². The summed E-state index contributed by atoms with van der Waals surface area (Å²) in [5, 5.41) is 6.07. The molecular weight excluding hydrogens is 340 g/mol. The van der Waals surface area contributed by atoms with Crippen LogP contribution in [0.3, 0.4) is 0 Å². The zero-order valence-corrected chi connectivity index (χ0v) is 15.6. The number of amides is 1. The number of hydrogen-bond donors (Lipinski definition) is 2. The molecule has 6 nitrogen and oxygen atoms in total. The van der Waals surface area contributed by atoms with Crippen molar-refractivity contribution in [3.63, 3.8) is 0 Å². The lowest BCUT2D eigenvalue weighted by molar-refractivity contribution is 0.102. The van der Waals surface area contributed by atoms with Crippen molar-refractivity contribution in [2.45, 2.75) is 20.4 Å². The first kappa shape index (κ1) is 18.4. The Labute approximate surface area is 158 Å². The standard InChI is InChI=1S/C21H22N4O2/c1-14-4-7-17(10-15(14)2)25-21(26)19-11-20(24-13-23-19)22-12-16-5-8-18(27-3)9-6-16/h4-11,13H,12H2,1-3H3,(H,25,26)(H,22,23,24). The Morgan fingerprint density at radius 1 is 1.00 bits per heavy atom. The fourth-order valence-corrected chi connectivity index (χ4v) is 2.53. The minimum absolute atomic E-state index is 0.270. The average Bonchev–Trinajstić information content (AvgIpc) is 2.70. The molecule has 27 heavy (non-hydrogen) atoms. The monoisotopic (exact) mass is 362 g/mol. The molecule has 0 fully saturated rings. The largest absolute Gasteiger partial charge is 0.497 e. The van der Waals surface area contributed by atoms with Crippen LogP contribution in [0, 0.1) is 13.8 Å². The van der Waals surface area contributed by atoms with Gasteiger partial charge in [-0.05, 0) is 54.8 Å². The molecular formula is C21H22N4O2. The SMILES string of the molecule is COc1ccc(CNc2cc(C(=O)Nc3ccc(C)c(C)c3)ncn2)cc1. The number of carbonyl (C=O) groups is 1. The molecule has 6 heteroatoms. The van der Waals surface area contributed by atoms with Crippen LogP contribution in [-0.4, -0.2) is 23.0 Å². The highest BCUT2D eigenvalue weighted by molar-refractivity contribution is 6.03. The van der Waals surface area contributed by atoms with Crippen LogP contribution in [0.25, 0.3) is 0 Å². The number of methoxy groups -OCH3 is 1. The maximum absolute atomic E-state index is 12.5. The summed E-state index contributed by atoms with van der Waals surface area (Å²) < 4.78 is 5.15.